The maximum Gasteiger partial charge on any atom is 0.257 e. The van der Waals surface area contributed by atoms with Crippen molar-refractivity contribution in [3.05, 3.63) is 35.5 Å². The first-order valence-electron chi connectivity index (χ1n) is 8.18. The molecular weight excluding hydrogens is 304 g/mol. The summed E-state index contributed by atoms with van der Waals surface area (Å²) in [5.41, 5.74) is 8.14. The van der Waals surface area contributed by atoms with E-state index in [1.165, 1.54) is 0 Å². The first-order chi connectivity index (χ1) is 11.5. The lowest BCUT2D eigenvalue weighted by Crippen LogP contribution is -2.32. The van der Waals surface area contributed by atoms with Gasteiger partial charge in [-0.2, -0.15) is 0 Å². The summed E-state index contributed by atoms with van der Waals surface area (Å²) in [5, 5.41) is 0. The fraction of sp³-hybridized carbons (Fsp3) is 0.389. The number of aryl methyl sites for hydroxylation is 1. The Balaban J connectivity index is 2.68. The van der Waals surface area contributed by atoms with Gasteiger partial charge in [0.2, 0.25) is 5.95 Å². The lowest BCUT2D eigenvalue weighted by molar-refractivity contribution is 0.0772. The number of nitrogen functional groups attached to an aromatic ring is 1. The molecule has 0 aliphatic carbocycles. The topological polar surface area (TPSA) is 81.3 Å². The minimum atomic E-state index is -0.0983. The number of anilines is 1. The third-order valence-corrected chi connectivity index (χ3v) is 3.81. The van der Waals surface area contributed by atoms with Crippen LogP contribution in [-0.4, -0.2) is 40.5 Å². The van der Waals surface area contributed by atoms with Gasteiger partial charge in [0, 0.05) is 18.7 Å². The van der Waals surface area contributed by atoms with E-state index in [9.17, 15) is 4.79 Å². The predicted octanol–water partition coefficient (Wildman–Crippen LogP) is 2.91. The van der Waals surface area contributed by atoms with E-state index in [0.29, 0.717) is 42.4 Å². The Morgan fingerprint density at radius 1 is 1.17 bits per heavy atom. The number of hydrogen-bond acceptors (Lipinski definition) is 5. The number of benzene rings is 1. The monoisotopic (exact) mass is 328 g/mol. The van der Waals surface area contributed by atoms with Crippen LogP contribution in [-0.2, 0) is 0 Å². The Morgan fingerprint density at radius 3 is 2.46 bits per heavy atom. The van der Waals surface area contributed by atoms with Gasteiger partial charge < -0.3 is 15.4 Å². The zero-order valence-corrected chi connectivity index (χ0v) is 14.7. The Morgan fingerprint density at radius 2 is 1.83 bits per heavy atom. The highest BCUT2D eigenvalue weighted by molar-refractivity contribution is 6.01. The molecule has 1 aromatic carbocycles. The van der Waals surface area contributed by atoms with Crippen LogP contribution < -0.4 is 10.5 Å². The van der Waals surface area contributed by atoms with Crippen LogP contribution in [0, 0.1) is 6.92 Å². The number of ether oxygens (including phenoxy) is 1. The molecular formula is C18H24N4O2. The Hall–Kier alpha value is -2.63. The van der Waals surface area contributed by atoms with E-state index in [1.807, 2.05) is 45.0 Å². The molecule has 2 aromatic rings. The molecule has 1 heterocycles. The highest BCUT2D eigenvalue weighted by atomic mass is 16.5. The largest absolute Gasteiger partial charge is 0.493 e. The van der Waals surface area contributed by atoms with Crippen molar-refractivity contribution in [3.8, 4) is 17.0 Å². The molecule has 0 radical (unpaired) electrons. The molecule has 1 aromatic heterocycles. The maximum atomic E-state index is 13.0. The van der Waals surface area contributed by atoms with Gasteiger partial charge in [-0.25, -0.2) is 9.97 Å². The van der Waals surface area contributed by atoms with E-state index in [2.05, 4.69) is 9.97 Å². The van der Waals surface area contributed by atoms with Gasteiger partial charge in [-0.05, 0) is 39.8 Å². The van der Waals surface area contributed by atoms with Crippen LogP contribution in [0.1, 0.15) is 36.8 Å². The highest BCUT2D eigenvalue weighted by Crippen LogP contribution is 2.33. The summed E-state index contributed by atoms with van der Waals surface area (Å²) in [4.78, 5) is 23.3. The fourth-order valence-corrected chi connectivity index (χ4v) is 2.66. The zero-order chi connectivity index (χ0) is 17.7. The van der Waals surface area contributed by atoms with Gasteiger partial charge in [0.1, 0.15) is 5.75 Å². The van der Waals surface area contributed by atoms with E-state index >= 15 is 0 Å². The Labute approximate surface area is 142 Å². The number of carbonyl (C=O) groups is 1. The van der Waals surface area contributed by atoms with Crippen LogP contribution in [0.4, 0.5) is 5.95 Å². The summed E-state index contributed by atoms with van der Waals surface area (Å²) in [6.45, 7) is 9.35. The van der Waals surface area contributed by atoms with Crippen molar-refractivity contribution in [1.29, 1.82) is 0 Å². The molecule has 0 aliphatic rings. The number of rotatable bonds is 6. The molecule has 24 heavy (non-hydrogen) atoms. The quantitative estimate of drug-likeness (QED) is 0.881. The highest BCUT2D eigenvalue weighted by Gasteiger charge is 2.24. The normalized spacial score (nSPS) is 10.5. The molecule has 0 unspecified atom stereocenters. The Kier molecular flexibility index (Phi) is 5.73. The van der Waals surface area contributed by atoms with Crippen molar-refractivity contribution < 1.29 is 9.53 Å². The molecule has 0 bridgehead atoms. The number of nitrogens with two attached hydrogens (primary N) is 1. The van der Waals surface area contributed by atoms with Crippen LogP contribution in [0.25, 0.3) is 11.3 Å². The lowest BCUT2D eigenvalue weighted by Gasteiger charge is -2.22. The number of hydrogen-bond donors (Lipinski definition) is 1. The second kappa shape index (κ2) is 7.77. The number of amides is 1. The summed E-state index contributed by atoms with van der Waals surface area (Å²) in [6, 6.07) is 7.51. The molecule has 0 saturated carbocycles. The van der Waals surface area contributed by atoms with Crippen LogP contribution in [0.2, 0.25) is 0 Å². The zero-order valence-electron chi connectivity index (χ0n) is 14.7. The third-order valence-electron chi connectivity index (χ3n) is 3.81. The third kappa shape index (κ3) is 3.48. The Bertz CT molecular complexity index is 727. The van der Waals surface area contributed by atoms with Crippen LogP contribution in [0.15, 0.2) is 24.3 Å². The lowest BCUT2D eigenvalue weighted by atomic mass is 10.0. The molecule has 2 rings (SSSR count). The SMILES string of the molecule is CCOc1ccccc1-c1nc(N)nc(C)c1C(=O)N(CC)CC. The maximum absolute atomic E-state index is 13.0. The number of carbonyl (C=O) groups excluding carboxylic acids is 1. The van der Waals surface area contributed by atoms with Gasteiger partial charge in [0.25, 0.3) is 5.91 Å². The minimum absolute atomic E-state index is 0.0983. The van der Waals surface area contributed by atoms with Crippen molar-refractivity contribution in [3.63, 3.8) is 0 Å². The van der Waals surface area contributed by atoms with Crippen LogP contribution >= 0.6 is 0 Å². The molecule has 6 heteroatoms. The molecule has 0 saturated heterocycles. The van der Waals surface area contributed by atoms with Crippen molar-refractivity contribution in [1.82, 2.24) is 14.9 Å². The second-order valence-corrected chi connectivity index (χ2v) is 5.30. The first-order valence-corrected chi connectivity index (χ1v) is 8.18. The molecule has 1 amide bonds. The predicted molar refractivity (Wildman–Crippen MR) is 95.0 cm³/mol. The van der Waals surface area contributed by atoms with Crippen LogP contribution in [0.3, 0.4) is 0 Å². The molecule has 128 valence electrons. The average molecular weight is 328 g/mol. The van der Waals surface area contributed by atoms with Crippen LogP contribution in [0.5, 0.6) is 5.75 Å². The second-order valence-electron chi connectivity index (χ2n) is 5.30. The fourth-order valence-electron chi connectivity index (χ4n) is 2.66. The van der Waals surface area contributed by atoms with Crippen molar-refractivity contribution in [2.45, 2.75) is 27.7 Å². The first kappa shape index (κ1) is 17.7. The van der Waals surface area contributed by atoms with Gasteiger partial charge in [-0.1, -0.05) is 12.1 Å². The number of aromatic nitrogens is 2. The van der Waals surface area contributed by atoms with Gasteiger partial charge >= 0.3 is 0 Å². The number of para-hydroxylation sites is 1. The molecule has 0 aliphatic heterocycles. The average Bonchev–Trinajstić information content (AvgIpc) is 2.56. The van der Waals surface area contributed by atoms with E-state index in [1.54, 1.807) is 11.8 Å². The molecule has 0 atom stereocenters. The van der Waals surface area contributed by atoms with Crippen molar-refractivity contribution >= 4 is 11.9 Å². The van der Waals surface area contributed by atoms with Gasteiger partial charge in [-0.15, -0.1) is 0 Å². The summed E-state index contributed by atoms with van der Waals surface area (Å²) in [5.74, 6) is 0.717. The molecule has 0 spiro atoms. The van der Waals surface area contributed by atoms with E-state index < -0.39 is 0 Å². The van der Waals surface area contributed by atoms with Gasteiger partial charge in [0.15, 0.2) is 0 Å². The minimum Gasteiger partial charge on any atom is -0.493 e. The van der Waals surface area contributed by atoms with Gasteiger partial charge in [-0.3, -0.25) is 4.79 Å². The smallest absolute Gasteiger partial charge is 0.257 e. The number of nitrogens with zero attached hydrogens (tertiary/aromatic N) is 3. The summed E-state index contributed by atoms with van der Waals surface area (Å²) < 4.78 is 5.69. The van der Waals surface area contributed by atoms with Crippen molar-refractivity contribution in [2.75, 3.05) is 25.4 Å². The summed E-state index contributed by atoms with van der Waals surface area (Å²) >= 11 is 0. The van der Waals surface area contributed by atoms with Crippen molar-refractivity contribution in [2.24, 2.45) is 0 Å². The molecule has 6 nitrogen and oxygen atoms in total. The standard InChI is InChI=1S/C18H24N4O2/c1-5-22(6-2)17(23)15-12(4)20-18(19)21-16(15)13-10-8-9-11-14(13)24-7-3/h8-11H,5-7H2,1-4H3,(H2,19,20,21). The molecule has 2 N–H and O–H groups in total. The molecule has 0 fully saturated rings. The van der Waals surface area contributed by atoms with E-state index in [0.717, 1.165) is 5.56 Å². The summed E-state index contributed by atoms with van der Waals surface area (Å²) in [6.07, 6.45) is 0. The van der Waals surface area contributed by atoms with Gasteiger partial charge in [0.05, 0.1) is 23.6 Å². The summed E-state index contributed by atoms with van der Waals surface area (Å²) in [7, 11) is 0. The van der Waals surface area contributed by atoms with E-state index in [4.69, 9.17) is 10.5 Å². The van der Waals surface area contributed by atoms with E-state index in [-0.39, 0.29) is 11.9 Å².